The van der Waals surface area contributed by atoms with Gasteiger partial charge < -0.3 is 20.7 Å². The minimum atomic E-state index is -1.08. The number of benzene rings is 1. The molecule has 0 saturated heterocycles. The fourth-order valence-corrected chi connectivity index (χ4v) is 1.93. The molecular formula is C12H11N3O3. The average Bonchev–Trinajstić information content (AvgIpc) is 2.96. The molecule has 5 N–H and O–H groups in total. The van der Waals surface area contributed by atoms with E-state index in [1.54, 1.807) is 6.07 Å². The van der Waals surface area contributed by atoms with Crippen LogP contribution in [-0.4, -0.2) is 11.1 Å². The number of fused-ring (bicyclic) bond motifs is 1. The fourth-order valence-electron chi connectivity index (χ4n) is 1.93. The van der Waals surface area contributed by atoms with Crippen LogP contribution in [0.5, 0.6) is 0 Å². The molecule has 2 heterocycles. The second-order valence-electron chi connectivity index (χ2n) is 4.02. The standard InChI is InChI=1S/C12H11N3O3/c13-11-7-2-1-6(5-8(7)14-15-11)9-3-4-10(18-9)12(16)17/h1-5,11,14-15H,13H2,(H,16,17). The van der Waals surface area contributed by atoms with E-state index in [9.17, 15) is 4.79 Å². The van der Waals surface area contributed by atoms with Crippen LogP contribution in [0.1, 0.15) is 22.3 Å². The van der Waals surface area contributed by atoms with E-state index in [1.165, 1.54) is 6.07 Å². The molecule has 6 nitrogen and oxygen atoms in total. The summed E-state index contributed by atoms with van der Waals surface area (Å²) in [6.45, 7) is 0. The molecule has 18 heavy (non-hydrogen) atoms. The number of carbonyl (C=O) groups is 1. The lowest BCUT2D eigenvalue weighted by atomic mass is 10.1. The summed E-state index contributed by atoms with van der Waals surface area (Å²) in [7, 11) is 0. The SMILES string of the molecule is NC1NNc2cc(-c3ccc(C(=O)O)o3)ccc21. The monoisotopic (exact) mass is 245 g/mol. The van der Waals surface area contributed by atoms with Gasteiger partial charge in [-0.05, 0) is 18.2 Å². The van der Waals surface area contributed by atoms with Gasteiger partial charge in [0.15, 0.2) is 0 Å². The Morgan fingerprint density at radius 2 is 2.17 bits per heavy atom. The van der Waals surface area contributed by atoms with E-state index < -0.39 is 5.97 Å². The number of hydrazine groups is 1. The normalized spacial score (nSPS) is 17.3. The lowest BCUT2D eigenvalue weighted by molar-refractivity contribution is 0.0663. The number of hydrogen-bond donors (Lipinski definition) is 4. The van der Waals surface area contributed by atoms with E-state index in [0.29, 0.717) is 5.76 Å². The number of furan rings is 1. The number of carboxylic acids is 1. The van der Waals surface area contributed by atoms with Gasteiger partial charge in [0.25, 0.3) is 0 Å². The topological polar surface area (TPSA) is 101 Å². The van der Waals surface area contributed by atoms with Gasteiger partial charge in [-0.1, -0.05) is 12.1 Å². The van der Waals surface area contributed by atoms with Gasteiger partial charge in [-0.25, -0.2) is 10.2 Å². The Balaban J connectivity index is 1.99. The van der Waals surface area contributed by atoms with Crippen LogP contribution in [-0.2, 0) is 0 Å². The molecule has 0 bridgehead atoms. The van der Waals surface area contributed by atoms with E-state index >= 15 is 0 Å². The first-order valence-electron chi connectivity index (χ1n) is 5.40. The second-order valence-corrected chi connectivity index (χ2v) is 4.02. The highest BCUT2D eigenvalue weighted by molar-refractivity contribution is 5.85. The highest BCUT2D eigenvalue weighted by atomic mass is 16.4. The van der Waals surface area contributed by atoms with E-state index in [-0.39, 0.29) is 11.9 Å². The molecule has 1 atom stereocenters. The molecule has 0 spiro atoms. The van der Waals surface area contributed by atoms with Crippen LogP contribution >= 0.6 is 0 Å². The van der Waals surface area contributed by atoms with Crippen molar-refractivity contribution in [3.05, 3.63) is 41.7 Å². The molecule has 1 aromatic heterocycles. The molecule has 1 aliphatic rings. The fraction of sp³-hybridized carbons (Fsp3) is 0.0833. The maximum atomic E-state index is 10.7. The molecule has 0 aliphatic carbocycles. The first kappa shape index (κ1) is 10.8. The second kappa shape index (κ2) is 3.86. The predicted octanol–water partition coefficient (Wildman–Crippen LogP) is 1.53. The maximum absolute atomic E-state index is 10.7. The summed E-state index contributed by atoms with van der Waals surface area (Å²) >= 11 is 0. The summed E-state index contributed by atoms with van der Waals surface area (Å²) in [5.41, 5.74) is 14.3. The highest BCUT2D eigenvalue weighted by Gasteiger charge is 2.19. The van der Waals surface area contributed by atoms with Crippen molar-refractivity contribution in [3.63, 3.8) is 0 Å². The van der Waals surface area contributed by atoms with Crippen molar-refractivity contribution in [3.8, 4) is 11.3 Å². The summed E-state index contributed by atoms with van der Waals surface area (Å²) in [5.74, 6) is -0.644. The molecule has 6 heteroatoms. The quantitative estimate of drug-likeness (QED) is 0.640. The van der Waals surface area contributed by atoms with Gasteiger partial charge in [-0.15, -0.1) is 0 Å². The first-order chi connectivity index (χ1) is 8.65. The number of rotatable bonds is 2. The van der Waals surface area contributed by atoms with Crippen molar-refractivity contribution in [1.82, 2.24) is 5.43 Å². The molecular weight excluding hydrogens is 234 g/mol. The van der Waals surface area contributed by atoms with E-state index in [0.717, 1.165) is 16.8 Å². The molecule has 2 aromatic rings. The smallest absolute Gasteiger partial charge is 0.371 e. The van der Waals surface area contributed by atoms with E-state index in [4.69, 9.17) is 15.3 Å². The lowest BCUT2D eigenvalue weighted by Gasteiger charge is -2.03. The Hall–Kier alpha value is -2.31. The number of nitrogens with two attached hydrogens (primary N) is 1. The Kier molecular flexibility index (Phi) is 2.32. The van der Waals surface area contributed by atoms with Crippen LogP contribution in [0.25, 0.3) is 11.3 Å². The van der Waals surface area contributed by atoms with Crippen molar-refractivity contribution in [2.45, 2.75) is 6.17 Å². The van der Waals surface area contributed by atoms with Crippen LogP contribution in [0, 0.1) is 0 Å². The van der Waals surface area contributed by atoms with Gasteiger partial charge in [0, 0.05) is 11.1 Å². The van der Waals surface area contributed by atoms with Gasteiger partial charge >= 0.3 is 5.97 Å². The van der Waals surface area contributed by atoms with Gasteiger partial charge in [-0.2, -0.15) is 0 Å². The van der Waals surface area contributed by atoms with Crippen LogP contribution in [0.4, 0.5) is 5.69 Å². The summed E-state index contributed by atoms with van der Waals surface area (Å²) in [5, 5.41) is 8.80. The first-order valence-corrected chi connectivity index (χ1v) is 5.40. The molecule has 0 saturated carbocycles. The zero-order valence-corrected chi connectivity index (χ0v) is 9.31. The summed E-state index contributed by atoms with van der Waals surface area (Å²) < 4.78 is 5.24. The molecule has 1 aromatic carbocycles. The van der Waals surface area contributed by atoms with Gasteiger partial charge in [-0.3, -0.25) is 0 Å². The zero-order chi connectivity index (χ0) is 12.7. The van der Waals surface area contributed by atoms with Crippen LogP contribution < -0.4 is 16.6 Å². The number of nitrogens with one attached hydrogen (secondary N) is 2. The number of aromatic carboxylic acids is 1. The Labute approximate surface area is 102 Å². The third-order valence-corrected chi connectivity index (χ3v) is 2.85. The molecule has 1 unspecified atom stereocenters. The van der Waals surface area contributed by atoms with Crippen molar-refractivity contribution in [2.24, 2.45) is 5.73 Å². The van der Waals surface area contributed by atoms with Crippen LogP contribution in [0.2, 0.25) is 0 Å². The molecule has 0 fully saturated rings. The summed E-state index contributed by atoms with van der Waals surface area (Å²) in [6.07, 6.45) is -0.236. The minimum Gasteiger partial charge on any atom is -0.475 e. The third-order valence-electron chi connectivity index (χ3n) is 2.85. The van der Waals surface area contributed by atoms with Crippen LogP contribution in [0.3, 0.4) is 0 Å². The summed E-state index contributed by atoms with van der Waals surface area (Å²) in [6, 6.07) is 8.65. The van der Waals surface area contributed by atoms with E-state index in [1.807, 2.05) is 18.2 Å². The number of anilines is 1. The largest absolute Gasteiger partial charge is 0.475 e. The van der Waals surface area contributed by atoms with E-state index in [2.05, 4.69) is 10.9 Å². The van der Waals surface area contributed by atoms with Crippen molar-refractivity contribution >= 4 is 11.7 Å². The van der Waals surface area contributed by atoms with Gasteiger partial charge in [0.1, 0.15) is 11.9 Å². The Morgan fingerprint density at radius 3 is 2.89 bits per heavy atom. The Morgan fingerprint density at radius 1 is 1.33 bits per heavy atom. The van der Waals surface area contributed by atoms with Gasteiger partial charge in [0.05, 0.1) is 5.69 Å². The summed E-state index contributed by atoms with van der Waals surface area (Å²) in [4.78, 5) is 10.7. The van der Waals surface area contributed by atoms with Crippen molar-refractivity contribution < 1.29 is 14.3 Å². The van der Waals surface area contributed by atoms with Gasteiger partial charge in [0.2, 0.25) is 5.76 Å². The number of hydrogen-bond acceptors (Lipinski definition) is 5. The molecule has 0 amide bonds. The average molecular weight is 245 g/mol. The van der Waals surface area contributed by atoms with Crippen LogP contribution in [0.15, 0.2) is 34.7 Å². The van der Waals surface area contributed by atoms with Crippen molar-refractivity contribution in [1.29, 1.82) is 0 Å². The maximum Gasteiger partial charge on any atom is 0.371 e. The Bertz CT molecular complexity index is 621. The lowest BCUT2D eigenvalue weighted by Crippen LogP contribution is -2.25. The predicted molar refractivity (Wildman–Crippen MR) is 64.8 cm³/mol. The molecule has 3 rings (SSSR count). The minimum absolute atomic E-state index is 0.0757. The zero-order valence-electron chi connectivity index (χ0n) is 9.31. The molecule has 1 aliphatic heterocycles. The number of carboxylic acid groups (broad SMARTS) is 1. The molecule has 0 radical (unpaired) electrons. The molecule has 92 valence electrons. The van der Waals surface area contributed by atoms with Crippen molar-refractivity contribution in [2.75, 3.05) is 5.43 Å². The third kappa shape index (κ3) is 1.64. The highest BCUT2D eigenvalue weighted by Crippen LogP contribution is 2.31.